The number of esters is 3. The number of carbonyl (C=O) groups is 7. The van der Waals surface area contributed by atoms with Crippen molar-refractivity contribution in [1.29, 1.82) is 0 Å². The molecule has 0 aliphatic carbocycles. The molecule has 12 nitrogen and oxygen atoms in total. The van der Waals surface area contributed by atoms with Gasteiger partial charge in [-0.05, 0) is 45.4 Å². The Kier molecular flexibility index (Phi) is 13.9. The highest BCUT2D eigenvalue weighted by Gasteiger charge is 2.49. The Morgan fingerprint density at radius 1 is 0.750 bits per heavy atom. The minimum Gasteiger partial charge on any atom is -0.481 e. The number of unbranched alkanes of at least 4 members (excludes halogenated alkanes) is 4. The van der Waals surface area contributed by atoms with Crippen LogP contribution in [0.4, 0.5) is 0 Å². The summed E-state index contributed by atoms with van der Waals surface area (Å²) in [6, 6.07) is 4.02. The van der Waals surface area contributed by atoms with Crippen LogP contribution in [-0.2, 0) is 33.4 Å². The number of ketones is 2. The van der Waals surface area contributed by atoms with E-state index in [4.69, 9.17) is 14.2 Å². The van der Waals surface area contributed by atoms with Gasteiger partial charge in [0.1, 0.15) is 17.8 Å². The third kappa shape index (κ3) is 12.6. The van der Waals surface area contributed by atoms with Crippen molar-refractivity contribution in [2.24, 2.45) is 5.41 Å². The molecule has 0 radical (unpaired) electrons. The van der Waals surface area contributed by atoms with Crippen LogP contribution >= 0.6 is 0 Å². The highest BCUT2D eigenvalue weighted by Crippen LogP contribution is 2.31. The first-order valence-electron chi connectivity index (χ1n) is 14.5. The predicted molar refractivity (Wildman–Crippen MR) is 157 cm³/mol. The van der Waals surface area contributed by atoms with Crippen molar-refractivity contribution in [3.63, 3.8) is 0 Å². The van der Waals surface area contributed by atoms with Gasteiger partial charge in [-0.2, -0.15) is 0 Å². The fourth-order valence-corrected chi connectivity index (χ4v) is 4.12. The van der Waals surface area contributed by atoms with E-state index in [9.17, 15) is 43.8 Å². The Bertz CT molecular complexity index is 1230. The Morgan fingerprint density at radius 3 is 1.82 bits per heavy atom. The van der Waals surface area contributed by atoms with Crippen LogP contribution in [0.1, 0.15) is 127 Å². The normalized spacial score (nSPS) is 11.8. The molecule has 244 valence electrons. The quantitative estimate of drug-likeness (QED) is 0.0750. The second-order valence-electron chi connectivity index (χ2n) is 12.6. The van der Waals surface area contributed by atoms with Gasteiger partial charge in [0.05, 0.1) is 18.4 Å². The van der Waals surface area contributed by atoms with E-state index in [0.717, 1.165) is 25.7 Å². The largest absolute Gasteiger partial charge is 0.481 e. The molecule has 0 heterocycles. The topological polar surface area (TPSA) is 188 Å². The molecule has 0 saturated carbocycles. The van der Waals surface area contributed by atoms with Crippen LogP contribution in [0.5, 0.6) is 5.75 Å². The first kappa shape index (κ1) is 37.9. The molecule has 0 saturated heterocycles. The molecule has 0 unspecified atom stereocenters. The number of benzene rings is 1. The summed E-state index contributed by atoms with van der Waals surface area (Å²) in [6.45, 7) is 11.3. The number of carboxylic acids is 2. The Morgan fingerprint density at radius 2 is 1.32 bits per heavy atom. The molecule has 0 aliphatic heterocycles. The molecule has 2 N–H and O–H groups in total. The van der Waals surface area contributed by atoms with E-state index in [1.807, 2.05) is 0 Å². The predicted octanol–water partition coefficient (Wildman–Crippen LogP) is 5.33. The van der Waals surface area contributed by atoms with Gasteiger partial charge in [-0.15, -0.1) is 0 Å². The molecule has 0 amide bonds. The summed E-state index contributed by atoms with van der Waals surface area (Å²) in [6.07, 6.45) is 1.38. The van der Waals surface area contributed by atoms with Gasteiger partial charge in [-0.1, -0.05) is 53.4 Å². The summed E-state index contributed by atoms with van der Waals surface area (Å²) in [7, 11) is 0. The zero-order chi connectivity index (χ0) is 33.9. The molecule has 0 spiro atoms. The van der Waals surface area contributed by atoms with Crippen molar-refractivity contribution in [1.82, 2.24) is 0 Å². The van der Waals surface area contributed by atoms with Gasteiger partial charge >= 0.3 is 29.8 Å². The lowest BCUT2D eigenvalue weighted by Crippen LogP contribution is -2.50. The zero-order valence-electron chi connectivity index (χ0n) is 26.6. The maximum atomic E-state index is 13.2. The first-order valence-corrected chi connectivity index (χ1v) is 14.5. The highest BCUT2D eigenvalue weighted by atomic mass is 16.6. The fraction of sp³-hybridized carbons (Fsp3) is 0.594. The Hall–Kier alpha value is -4.09. The van der Waals surface area contributed by atoms with E-state index in [-0.39, 0.29) is 29.1 Å². The van der Waals surface area contributed by atoms with Crippen LogP contribution in [-0.4, -0.2) is 62.8 Å². The van der Waals surface area contributed by atoms with E-state index >= 15 is 0 Å². The third-order valence-electron chi connectivity index (χ3n) is 6.20. The second-order valence-corrected chi connectivity index (χ2v) is 12.6. The average molecular weight is 621 g/mol. The van der Waals surface area contributed by atoms with Gasteiger partial charge < -0.3 is 24.4 Å². The van der Waals surface area contributed by atoms with Gasteiger partial charge in [0, 0.05) is 17.4 Å². The first-order chi connectivity index (χ1) is 20.2. The van der Waals surface area contributed by atoms with E-state index in [0.29, 0.717) is 6.42 Å². The van der Waals surface area contributed by atoms with E-state index < -0.39 is 71.5 Å². The number of hydrogen-bond donors (Lipinski definition) is 2. The Labute approximate surface area is 257 Å². The van der Waals surface area contributed by atoms with Crippen molar-refractivity contribution in [3.05, 3.63) is 29.3 Å². The molecule has 44 heavy (non-hydrogen) atoms. The summed E-state index contributed by atoms with van der Waals surface area (Å²) >= 11 is 0. The second kappa shape index (κ2) is 16.1. The van der Waals surface area contributed by atoms with Crippen LogP contribution in [0.2, 0.25) is 0 Å². The van der Waals surface area contributed by atoms with Gasteiger partial charge in [0.15, 0.2) is 11.6 Å². The number of aliphatic carboxylic acids is 2. The SMILES string of the molecule is CCCCCCCC(=O)c1ccc(OC(=O)CC(=O)OC(CC(=O)O)(CC(=O)O)C(=O)OC(C)(C)C)c(C(=O)C(C)(C)C)c1. The minimum atomic E-state index is -2.77. The number of Topliss-reactive ketones (excluding diaryl/α,β-unsaturated/α-hetero) is 2. The maximum Gasteiger partial charge on any atom is 0.352 e. The maximum absolute atomic E-state index is 13.2. The molecule has 0 aliphatic rings. The van der Waals surface area contributed by atoms with Gasteiger partial charge in [-0.3, -0.25) is 28.8 Å². The highest BCUT2D eigenvalue weighted by molar-refractivity contribution is 6.06. The summed E-state index contributed by atoms with van der Waals surface area (Å²) in [5.41, 5.74) is -4.69. The third-order valence-corrected chi connectivity index (χ3v) is 6.20. The average Bonchev–Trinajstić information content (AvgIpc) is 2.85. The van der Waals surface area contributed by atoms with Crippen LogP contribution in [0.25, 0.3) is 0 Å². The molecule has 1 aromatic rings. The van der Waals surface area contributed by atoms with Crippen molar-refractivity contribution in [3.8, 4) is 5.75 Å². The summed E-state index contributed by atoms with van der Waals surface area (Å²) in [5.74, 6) is -8.27. The number of hydrogen-bond acceptors (Lipinski definition) is 10. The van der Waals surface area contributed by atoms with Crippen molar-refractivity contribution < 1.29 is 58.0 Å². The molecular formula is C32H44O12. The van der Waals surface area contributed by atoms with Crippen LogP contribution in [0, 0.1) is 5.41 Å². The van der Waals surface area contributed by atoms with Crippen molar-refractivity contribution in [2.45, 2.75) is 117 Å². The standard InChI is InChI=1S/C32H44O12/c1-8-9-10-11-12-13-22(33)20-14-15-23(21(16-20)28(40)30(2,3)4)42-26(38)17-27(39)43-32(18-24(34)35,19-25(36)37)29(41)44-31(5,6)7/h14-16H,8-13,17-19H2,1-7H3,(H,34,35)(H,36,37). The molecule has 0 atom stereocenters. The monoisotopic (exact) mass is 620 g/mol. The molecule has 1 rings (SSSR count). The summed E-state index contributed by atoms with van der Waals surface area (Å²) in [5, 5.41) is 18.7. The molecule has 0 aromatic heterocycles. The molecule has 0 fully saturated rings. The fourth-order valence-electron chi connectivity index (χ4n) is 4.12. The smallest absolute Gasteiger partial charge is 0.352 e. The summed E-state index contributed by atoms with van der Waals surface area (Å²) < 4.78 is 15.5. The number of carboxylic acid groups (broad SMARTS) is 2. The van der Waals surface area contributed by atoms with E-state index in [2.05, 4.69) is 6.92 Å². The molecular weight excluding hydrogens is 576 g/mol. The van der Waals surface area contributed by atoms with Gasteiger partial charge in [-0.25, -0.2) is 4.79 Å². The van der Waals surface area contributed by atoms with E-state index in [1.54, 1.807) is 20.8 Å². The molecule has 12 heteroatoms. The number of rotatable bonds is 17. The molecule has 1 aromatic carbocycles. The zero-order valence-corrected chi connectivity index (χ0v) is 26.6. The number of carbonyl (C=O) groups excluding carboxylic acids is 5. The molecule has 0 bridgehead atoms. The van der Waals surface area contributed by atoms with Gasteiger partial charge in [0.25, 0.3) is 0 Å². The van der Waals surface area contributed by atoms with Crippen LogP contribution in [0.15, 0.2) is 18.2 Å². The lowest BCUT2D eigenvalue weighted by atomic mass is 9.85. The van der Waals surface area contributed by atoms with Crippen molar-refractivity contribution >= 4 is 41.4 Å². The minimum absolute atomic E-state index is 0.0593. The van der Waals surface area contributed by atoms with Crippen LogP contribution in [0.3, 0.4) is 0 Å². The number of ether oxygens (including phenoxy) is 3. The van der Waals surface area contributed by atoms with Crippen LogP contribution < -0.4 is 4.74 Å². The van der Waals surface area contributed by atoms with Gasteiger partial charge in [0.2, 0.25) is 5.60 Å². The lowest BCUT2D eigenvalue weighted by molar-refractivity contribution is -0.197. The van der Waals surface area contributed by atoms with Crippen molar-refractivity contribution in [2.75, 3.05) is 0 Å². The Balaban J connectivity index is 3.25. The lowest BCUT2D eigenvalue weighted by Gasteiger charge is -2.31. The summed E-state index contributed by atoms with van der Waals surface area (Å²) in [4.78, 5) is 87.5. The van der Waals surface area contributed by atoms with E-state index in [1.165, 1.54) is 39.0 Å².